The molecular formula is C9H13ClN2. The Kier molecular flexibility index (Phi) is 3.35. The fourth-order valence-electron chi connectivity index (χ4n) is 0.885. The highest BCUT2D eigenvalue weighted by molar-refractivity contribution is 6.17. The Balaban J connectivity index is 2.65. The number of hydrogen-bond donors (Lipinski definition) is 1. The smallest absolute Gasteiger partial charge is 0.126 e. The Bertz CT molecular complexity index is 231. The SMILES string of the molecule is CC(C)Nc1ccc(CCl)cn1. The minimum absolute atomic E-state index is 0.416. The largest absolute Gasteiger partial charge is 0.368 e. The maximum absolute atomic E-state index is 5.62. The van der Waals surface area contributed by atoms with Crippen molar-refractivity contribution in [1.82, 2.24) is 4.98 Å². The van der Waals surface area contributed by atoms with Crippen LogP contribution >= 0.6 is 11.6 Å². The highest BCUT2D eigenvalue weighted by Gasteiger charge is 1.95. The molecule has 0 aliphatic heterocycles. The summed E-state index contributed by atoms with van der Waals surface area (Å²) < 4.78 is 0. The lowest BCUT2D eigenvalue weighted by atomic mass is 10.3. The fourth-order valence-corrected chi connectivity index (χ4v) is 1.04. The average molecular weight is 185 g/mol. The van der Waals surface area contributed by atoms with E-state index in [2.05, 4.69) is 24.1 Å². The first-order chi connectivity index (χ1) is 5.72. The van der Waals surface area contributed by atoms with Gasteiger partial charge < -0.3 is 5.32 Å². The van der Waals surface area contributed by atoms with E-state index in [1.807, 2.05) is 12.1 Å². The lowest BCUT2D eigenvalue weighted by Crippen LogP contribution is -2.10. The van der Waals surface area contributed by atoms with E-state index in [-0.39, 0.29) is 0 Å². The molecule has 3 heteroatoms. The van der Waals surface area contributed by atoms with Gasteiger partial charge in [-0.15, -0.1) is 11.6 Å². The summed E-state index contributed by atoms with van der Waals surface area (Å²) in [5.41, 5.74) is 1.05. The maximum Gasteiger partial charge on any atom is 0.126 e. The van der Waals surface area contributed by atoms with Crippen molar-refractivity contribution in [2.45, 2.75) is 25.8 Å². The molecule has 1 N–H and O–H groups in total. The fraction of sp³-hybridized carbons (Fsp3) is 0.444. The van der Waals surface area contributed by atoms with Crippen LogP contribution < -0.4 is 5.32 Å². The number of pyridine rings is 1. The van der Waals surface area contributed by atoms with E-state index in [4.69, 9.17) is 11.6 Å². The Labute approximate surface area is 78.0 Å². The van der Waals surface area contributed by atoms with Gasteiger partial charge in [-0.1, -0.05) is 6.07 Å². The highest BCUT2D eigenvalue weighted by Crippen LogP contribution is 2.07. The van der Waals surface area contributed by atoms with E-state index in [0.29, 0.717) is 11.9 Å². The van der Waals surface area contributed by atoms with E-state index >= 15 is 0 Å². The van der Waals surface area contributed by atoms with Crippen molar-refractivity contribution in [3.63, 3.8) is 0 Å². The molecule has 12 heavy (non-hydrogen) atoms. The number of aromatic nitrogens is 1. The van der Waals surface area contributed by atoms with Gasteiger partial charge in [-0.25, -0.2) is 4.98 Å². The predicted octanol–water partition coefficient (Wildman–Crippen LogP) is 2.64. The van der Waals surface area contributed by atoms with Crippen LogP contribution in [0.15, 0.2) is 18.3 Å². The van der Waals surface area contributed by atoms with Crippen molar-refractivity contribution in [2.24, 2.45) is 0 Å². The number of nitrogens with one attached hydrogen (secondary N) is 1. The van der Waals surface area contributed by atoms with Crippen molar-refractivity contribution in [3.8, 4) is 0 Å². The van der Waals surface area contributed by atoms with Crippen molar-refractivity contribution < 1.29 is 0 Å². The Morgan fingerprint density at radius 3 is 2.67 bits per heavy atom. The molecule has 0 spiro atoms. The number of anilines is 1. The number of hydrogen-bond acceptors (Lipinski definition) is 2. The van der Waals surface area contributed by atoms with Crippen LogP contribution in [0.1, 0.15) is 19.4 Å². The second-order valence-electron chi connectivity index (χ2n) is 2.98. The molecular weight excluding hydrogens is 172 g/mol. The standard InChI is InChI=1S/C9H13ClN2/c1-7(2)12-9-4-3-8(5-10)6-11-9/h3-4,6-7H,5H2,1-2H3,(H,11,12). The highest BCUT2D eigenvalue weighted by atomic mass is 35.5. The summed E-state index contributed by atoms with van der Waals surface area (Å²) in [7, 11) is 0. The van der Waals surface area contributed by atoms with Gasteiger partial charge in [0.05, 0.1) is 0 Å². The maximum atomic E-state index is 5.62. The van der Waals surface area contributed by atoms with Gasteiger partial charge in [0.2, 0.25) is 0 Å². The first kappa shape index (κ1) is 9.33. The summed E-state index contributed by atoms with van der Waals surface area (Å²) >= 11 is 5.62. The van der Waals surface area contributed by atoms with Crippen LogP contribution in [-0.2, 0) is 5.88 Å². The van der Waals surface area contributed by atoms with Gasteiger partial charge in [0, 0.05) is 18.1 Å². The number of rotatable bonds is 3. The van der Waals surface area contributed by atoms with E-state index in [0.717, 1.165) is 11.4 Å². The molecule has 0 unspecified atom stereocenters. The minimum atomic E-state index is 0.416. The average Bonchev–Trinajstić information content (AvgIpc) is 2.05. The number of nitrogens with zero attached hydrogens (tertiary/aromatic N) is 1. The zero-order valence-corrected chi connectivity index (χ0v) is 8.10. The van der Waals surface area contributed by atoms with Crippen molar-refractivity contribution in [1.29, 1.82) is 0 Å². The van der Waals surface area contributed by atoms with Gasteiger partial charge in [0.15, 0.2) is 0 Å². The molecule has 0 aliphatic carbocycles. The van der Waals surface area contributed by atoms with Crippen LogP contribution in [-0.4, -0.2) is 11.0 Å². The van der Waals surface area contributed by atoms with E-state index < -0.39 is 0 Å². The van der Waals surface area contributed by atoms with Crippen LogP contribution in [0, 0.1) is 0 Å². The van der Waals surface area contributed by atoms with Crippen LogP contribution in [0.5, 0.6) is 0 Å². The zero-order chi connectivity index (χ0) is 8.97. The molecule has 0 aromatic carbocycles. The third-order valence-corrected chi connectivity index (χ3v) is 1.72. The molecule has 0 saturated heterocycles. The molecule has 0 aliphatic rings. The molecule has 0 radical (unpaired) electrons. The van der Waals surface area contributed by atoms with Gasteiger partial charge >= 0.3 is 0 Å². The van der Waals surface area contributed by atoms with Gasteiger partial charge in [0.25, 0.3) is 0 Å². The molecule has 1 aromatic rings. The van der Waals surface area contributed by atoms with Gasteiger partial charge in [-0.05, 0) is 25.5 Å². The first-order valence-corrected chi connectivity index (χ1v) is 4.53. The first-order valence-electron chi connectivity index (χ1n) is 4.00. The van der Waals surface area contributed by atoms with Crippen LogP contribution in [0.25, 0.3) is 0 Å². The molecule has 0 amide bonds. The van der Waals surface area contributed by atoms with E-state index in [1.54, 1.807) is 6.20 Å². The normalized spacial score (nSPS) is 10.3. The lowest BCUT2D eigenvalue weighted by molar-refractivity contribution is 0.888. The summed E-state index contributed by atoms with van der Waals surface area (Å²) in [5.74, 6) is 1.42. The third kappa shape index (κ3) is 2.70. The van der Waals surface area contributed by atoms with Crippen molar-refractivity contribution in [2.75, 3.05) is 5.32 Å². The van der Waals surface area contributed by atoms with E-state index in [9.17, 15) is 0 Å². The van der Waals surface area contributed by atoms with Crippen molar-refractivity contribution >= 4 is 17.4 Å². The number of alkyl halides is 1. The monoisotopic (exact) mass is 184 g/mol. The molecule has 0 fully saturated rings. The Morgan fingerprint density at radius 2 is 2.25 bits per heavy atom. The van der Waals surface area contributed by atoms with Crippen LogP contribution in [0.4, 0.5) is 5.82 Å². The number of halogens is 1. The second kappa shape index (κ2) is 4.31. The molecule has 0 saturated carbocycles. The molecule has 1 heterocycles. The summed E-state index contributed by atoms with van der Waals surface area (Å²) in [5, 5.41) is 3.20. The molecule has 0 bridgehead atoms. The van der Waals surface area contributed by atoms with E-state index in [1.165, 1.54) is 0 Å². The van der Waals surface area contributed by atoms with Gasteiger partial charge in [-0.3, -0.25) is 0 Å². The summed E-state index contributed by atoms with van der Waals surface area (Å²) in [6.45, 7) is 4.16. The molecule has 66 valence electrons. The topological polar surface area (TPSA) is 24.9 Å². The predicted molar refractivity (Wildman–Crippen MR) is 52.6 cm³/mol. The minimum Gasteiger partial charge on any atom is -0.368 e. The summed E-state index contributed by atoms with van der Waals surface area (Å²) in [6.07, 6.45) is 1.79. The van der Waals surface area contributed by atoms with Crippen molar-refractivity contribution in [3.05, 3.63) is 23.9 Å². The van der Waals surface area contributed by atoms with Crippen LogP contribution in [0.2, 0.25) is 0 Å². The summed E-state index contributed by atoms with van der Waals surface area (Å²) in [6, 6.07) is 4.34. The Morgan fingerprint density at radius 1 is 1.50 bits per heavy atom. The quantitative estimate of drug-likeness (QED) is 0.731. The van der Waals surface area contributed by atoms with Gasteiger partial charge in [-0.2, -0.15) is 0 Å². The Hall–Kier alpha value is -0.760. The summed E-state index contributed by atoms with van der Waals surface area (Å²) in [4.78, 5) is 4.19. The molecule has 2 nitrogen and oxygen atoms in total. The lowest BCUT2D eigenvalue weighted by Gasteiger charge is -2.08. The molecule has 1 rings (SSSR count). The van der Waals surface area contributed by atoms with Crippen LogP contribution in [0.3, 0.4) is 0 Å². The molecule has 0 atom stereocenters. The zero-order valence-electron chi connectivity index (χ0n) is 7.34. The molecule has 1 aromatic heterocycles. The van der Waals surface area contributed by atoms with Gasteiger partial charge in [0.1, 0.15) is 5.82 Å². The third-order valence-electron chi connectivity index (χ3n) is 1.42. The second-order valence-corrected chi connectivity index (χ2v) is 3.25.